The van der Waals surface area contributed by atoms with Crippen molar-refractivity contribution >= 4 is 23.2 Å². The van der Waals surface area contributed by atoms with Gasteiger partial charge in [0.25, 0.3) is 5.91 Å². The van der Waals surface area contributed by atoms with Gasteiger partial charge >= 0.3 is 0 Å². The van der Waals surface area contributed by atoms with Crippen molar-refractivity contribution in [3.63, 3.8) is 0 Å². The highest BCUT2D eigenvalue weighted by molar-refractivity contribution is 7.11. The van der Waals surface area contributed by atoms with Crippen LogP contribution < -0.4 is 0 Å². The van der Waals surface area contributed by atoms with Crippen molar-refractivity contribution in [2.75, 3.05) is 32.7 Å². The van der Waals surface area contributed by atoms with Crippen LogP contribution in [0.5, 0.6) is 0 Å². The molecule has 1 aliphatic rings. The second kappa shape index (κ2) is 12.9. The number of piperidine rings is 1. The number of carbonyl (C=O) groups excluding carboxylic acids is 2. The van der Waals surface area contributed by atoms with Gasteiger partial charge in [0, 0.05) is 29.4 Å². The minimum absolute atomic E-state index is 0.0343. The number of thiophene rings is 1. The summed E-state index contributed by atoms with van der Waals surface area (Å²) in [5.74, 6) is -1.66. The van der Waals surface area contributed by atoms with Crippen molar-refractivity contribution in [2.24, 2.45) is 0 Å². The van der Waals surface area contributed by atoms with E-state index in [9.17, 15) is 18.4 Å². The minimum atomic E-state index is -0.597. The van der Waals surface area contributed by atoms with Gasteiger partial charge in [0.2, 0.25) is 5.91 Å². The molecule has 0 saturated carbocycles. The summed E-state index contributed by atoms with van der Waals surface area (Å²) in [5, 5.41) is 0. The van der Waals surface area contributed by atoms with Gasteiger partial charge in [-0.2, -0.15) is 0 Å². The van der Waals surface area contributed by atoms with E-state index in [2.05, 4.69) is 4.90 Å². The first-order valence-corrected chi connectivity index (χ1v) is 13.5. The van der Waals surface area contributed by atoms with Crippen LogP contribution in [0.25, 0.3) is 0 Å². The third-order valence-electron chi connectivity index (χ3n) is 6.63. The molecule has 2 heterocycles. The van der Waals surface area contributed by atoms with Gasteiger partial charge < -0.3 is 14.7 Å². The molecular formula is C29H33F2N3O2S. The lowest BCUT2D eigenvalue weighted by atomic mass is 10.1. The smallest absolute Gasteiger partial charge is 0.257 e. The molecule has 3 aromatic rings. The molecule has 0 aliphatic carbocycles. The van der Waals surface area contributed by atoms with Crippen molar-refractivity contribution in [2.45, 2.75) is 39.3 Å². The largest absolute Gasteiger partial charge is 0.332 e. The van der Waals surface area contributed by atoms with Crippen LogP contribution in [0.4, 0.5) is 8.78 Å². The Hall–Kier alpha value is -3.10. The van der Waals surface area contributed by atoms with Crippen LogP contribution in [0.15, 0.2) is 60.7 Å². The number of amides is 2. The Morgan fingerprint density at radius 3 is 2.30 bits per heavy atom. The number of nitrogens with zero attached hydrogens (tertiary/aromatic N) is 3. The molecular weight excluding hydrogens is 492 g/mol. The highest BCUT2D eigenvalue weighted by Gasteiger charge is 2.25. The van der Waals surface area contributed by atoms with E-state index in [0.29, 0.717) is 19.6 Å². The summed E-state index contributed by atoms with van der Waals surface area (Å²) >= 11 is 1.61. The van der Waals surface area contributed by atoms with E-state index in [0.717, 1.165) is 41.2 Å². The molecule has 2 aromatic carbocycles. The summed E-state index contributed by atoms with van der Waals surface area (Å²) in [4.78, 5) is 34.7. The number of rotatable bonds is 10. The van der Waals surface area contributed by atoms with Crippen LogP contribution in [0.1, 0.15) is 44.9 Å². The van der Waals surface area contributed by atoms with E-state index in [4.69, 9.17) is 0 Å². The lowest BCUT2D eigenvalue weighted by Crippen LogP contribution is -2.46. The number of benzene rings is 2. The quantitative estimate of drug-likeness (QED) is 0.352. The second-order valence-corrected chi connectivity index (χ2v) is 10.9. The van der Waals surface area contributed by atoms with Gasteiger partial charge in [-0.15, -0.1) is 11.3 Å². The number of halogens is 2. The van der Waals surface area contributed by atoms with E-state index >= 15 is 0 Å². The monoisotopic (exact) mass is 525 g/mol. The van der Waals surface area contributed by atoms with Gasteiger partial charge in [0.1, 0.15) is 18.2 Å². The van der Waals surface area contributed by atoms with Crippen molar-refractivity contribution in [3.8, 4) is 0 Å². The number of likely N-dealkylation sites (tertiary alicyclic amines) is 1. The first kappa shape index (κ1) is 26.9. The van der Waals surface area contributed by atoms with E-state index < -0.39 is 11.7 Å². The number of carbonyl (C=O) groups is 2. The molecule has 0 atom stereocenters. The average Bonchev–Trinajstić information content (AvgIpc) is 3.32. The fourth-order valence-electron chi connectivity index (χ4n) is 4.57. The van der Waals surface area contributed by atoms with Crippen LogP contribution in [-0.4, -0.2) is 59.2 Å². The Bertz CT molecular complexity index is 1190. The molecule has 5 nitrogen and oxygen atoms in total. The molecule has 1 saturated heterocycles. The third-order valence-corrected chi connectivity index (χ3v) is 7.62. The van der Waals surface area contributed by atoms with Crippen molar-refractivity contribution in [1.82, 2.24) is 14.7 Å². The van der Waals surface area contributed by atoms with Gasteiger partial charge in [-0.25, -0.2) is 8.78 Å². The van der Waals surface area contributed by atoms with E-state index in [1.807, 2.05) is 19.1 Å². The molecule has 0 spiro atoms. The highest BCUT2D eigenvalue weighted by atomic mass is 32.1. The van der Waals surface area contributed by atoms with Crippen LogP contribution in [0.3, 0.4) is 0 Å². The molecule has 1 fully saturated rings. The van der Waals surface area contributed by atoms with E-state index in [1.54, 1.807) is 40.5 Å². The molecule has 1 aliphatic heterocycles. The molecule has 0 N–H and O–H groups in total. The predicted octanol–water partition coefficient (Wildman–Crippen LogP) is 5.49. The van der Waals surface area contributed by atoms with Crippen LogP contribution in [0, 0.1) is 18.6 Å². The highest BCUT2D eigenvalue weighted by Crippen LogP contribution is 2.20. The predicted molar refractivity (Wildman–Crippen MR) is 142 cm³/mol. The van der Waals surface area contributed by atoms with Crippen LogP contribution in [-0.2, 0) is 17.9 Å². The normalized spacial score (nSPS) is 13.9. The van der Waals surface area contributed by atoms with Crippen molar-refractivity contribution in [1.29, 1.82) is 0 Å². The van der Waals surface area contributed by atoms with E-state index in [-0.39, 0.29) is 30.4 Å². The molecule has 8 heteroatoms. The maximum absolute atomic E-state index is 14.5. The standard InChI is InChI=1S/C29H33F2N3O2S/c1-22-9-14-25(37-22)20-34(19-23-10-12-24(30)13-11-23)28(35)21-33(18-17-32-15-5-2-6-16-32)29(36)26-7-3-4-8-27(26)31/h3-4,7-14H,2,5-6,15-21H2,1H3. The molecule has 0 unspecified atom stereocenters. The molecule has 0 radical (unpaired) electrons. The van der Waals surface area contributed by atoms with Crippen molar-refractivity contribution in [3.05, 3.63) is 93.2 Å². The fraction of sp³-hybridized carbons (Fsp3) is 0.379. The number of hydrogen-bond donors (Lipinski definition) is 0. The first-order chi connectivity index (χ1) is 17.9. The Balaban J connectivity index is 1.54. The molecule has 1 aromatic heterocycles. The summed E-state index contributed by atoms with van der Waals surface area (Å²) in [7, 11) is 0. The summed E-state index contributed by atoms with van der Waals surface area (Å²) in [6.07, 6.45) is 3.44. The molecule has 0 bridgehead atoms. The fourth-order valence-corrected chi connectivity index (χ4v) is 5.47. The van der Waals surface area contributed by atoms with Crippen LogP contribution >= 0.6 is 11.3 Å². The molecule has 196 valence electrons. The number of hydrogen-bond acceptors (Lipinski definition) is 4. The SMILES string of the molecule is Cc1ccc(CN(Cc2ccc(F)cc2)C(=O)CN(CCN2CCCCC2)C(=O)c2ccccc2F)s1. The third kappa shape index (κ3) is 7.69. The zero-order chi connectivity index (χ0) is 26.2. The van der Waals surface area contributed by atoms with Crippen molar-refractivity contribution < 1.29 is 18.4 Å². The Morgan fingerprint density at radius 1 is 0.892 bits per heavy atom. The van der Waals surface area contributed by atoms with E-state index in [1.165, 1.54) is 35.6 Å². The average molecular weight is 526 g/mol. The zero-order valence-electron chi connectivity index (χ0n) is 21.2. The van der Waals surface area contributed by atoms with Gasteiger partial charge in [0.05, 0.1) is 12.1 Å². The zero-order valence-corrected chi connectivity index (χ0v) is 22.0. The summed E-state index contributed by atoms with van der Waals surface area (Å²) in [6, 6.07) is 16.0. The maximum atomic E-state index is 14.5. The second-order valence-electron chi connectivity index (χ2n) is 9.50. The summed E-state index contributed by atoms with van der Waals surface area (Å²) in [5.41, 5.74) is 0.760. The minimum Gasteiger partial charge on any atom is -0.332 e. The first-order valence-electron chi connectivity index (χ1n) is 12.7. The summed E-state index contributed by atoms with van der Waals surface area (Å²) in [6.45, 7) is 5.40. The maximum Gasteiger partial charge on any atom is 0.257 e. The van der Waals surface area contributed by atoms with Gasteiger partial charge in [-0.1, -0.05) is 30.7 Å². The molecule has 4 rings (SSSR count). The van der Waals surface area contributed by atoms with Crippen LogP contribution in [0.2, 0.25) is 0 Å². The van der Waals surface area contributed by atoms with Gasteiger partial charge in [-0.3, -0.25) is 9.59 Å². The summed E-state index contributed by atoms with van der Waals surface area (Å²) < 4.78 is 28.0. The topological polar surface area (TPSA) is 43.9 Å². The van der Waals surface area contributed by atoms with Gasteiger partial charge in [0.15, 0.2) is 0 Å². The number of aryl methyl sites for hydroxylation is 1. The molecule has 37 heavy (non-hydrogen) atoms. The lowest BCUT2D eigenvalue weighted by Gasteiger charge is -2.31. The Morgan fingerprint density at radius 2 is 1.62 bits per heavy atom. The Kier molecular flexibility index (Phi) is 9.41. The van der Waals surface area contributed by atoms with Gasteiger partial charge in [-0.05, 0) is 74.8 Å². The lowest BCUT2D eigenvalue weighted by molar-refractivity contribution is -0.133. The Labute approximate surface area is 221 Å². The molecule has 2 amide bonds.